The van der Waals surface area contributed by atoms with Gasteiger partial charge in [-0.2, -0.15) is 0 Å². The van der Waals surface area contributed by atoms with Crippen LogP contribution in [0.5, 0.6) is 5.75 Å². The molecule has 1 heterocycles. The van der Waals surface area contributed by atoms with Gasteiger partial charge < -0.3 is 9.84 Å². The molecule has 0 aliphatic rings. The normalized spacial score (nSPS) is 10.5. The molecule has 0 bridgehead atoms. The summed E-state index contributed by atoms with van der Waals surface area (Å²) in [5.41, 5.74) is 2.48. The summed E-state index contributed by atoms with van der Waals surface area (Å²) < 4.78 is 6.87. The Kier molecular flexibility index (Phi) is 5.27. The van der Waals surface area contributed by atoms with Crippen molar-refractivity contribution in [1.82, 2.24) is 4.98 Å². The van der Waals surface area contributed by atoms with E-state index in [-0.39, 0.29) is 6.42 Å². The molecule has 0 atom stereocenters. The van der Waals surface area contributed by atoms with Gasteiger partial charge in [0, 0.05) is 9.85 Å². The highest BCUT2D eigenvalue weighted by molar-refractivity contribution is 9.10. The van der Waals surface area contributed by atoms with Crippen molar-refractivity contribution in [3.05, 3.63) is 69.6 Å². The van der Waals surface area contributed by atoms with Crippen molar-refractivity contribution in [2.24, 2.45) is 0 Å². The molecular weight excluding hydrogens is 390 g/mol. The van der Waals surface area contributed by atoms with Gasteiger partial charge in [-0.1, -0.05) is 46.3 Å². The van der Waals surface area contributed by atoms with Gasteiger partial charge in [-0.05, 0) is 23.8 Å². The summed E-state index contributed by atoms with van der Waals surface area (Å²) in [5.74, 6) is -0.167. The molecule has 3 rings (SSSR count). The first-order valence-electron chi connectivity index (χ1n) is 7.24. The third kappa shape index (κ3) is 4.21. The highest BCUT2D eigenvalue weighted by Gasteiger charge is 2.13. The molecule has 3 aromatic rings. The molecule has 0 saturated carbocycles. The zero-order valence-electron chi connectivity index (χ0n) is 12.6. The van der Waals surface area contributed by atoms with E-state index in [1.54, 1.807) is 5.38 Å². The van der Waals surface area contributed by atoms with E-state index in [2.05, 4.69) is 20.9 Å². The molecule has 0 fully saturated rings. The molecule has 2 aromatic carbocycles. The summed E-state index contributed by atoms with van der Waals surface area (Å²) in [4.78, 5) is 15.2. The molecular formula is C18H14BrNO3S. The zero-order valence-corrected chi connectivity index (χ0v) is 15.0. The molecule has 0 spiro atoms. The number of thiazole rings is 1. The summed E-state index contributed by atoms with van der Waals surface area (Å²) >= 11 is 4.88. The molecule has 122 valence electrons. The number of nitrogens with zero attached hydrogens (tertiary/aromatic N) is 1. The molecule has 0 amide bonds. The Balaban J connectivity index is 1.85. The van der Waals surface area contributed by atoms with Gasteiger partial charge in [0.2, 0.25) is 0 Å². The van der Waals surface area contributed by atoms with Gasteiger partial charge in [-0.15, -0.1) is 11.3 Å². The number of aromatic nitrogens is 1. The summed E-state index contributed by atoms with van der Waals surface area (Å²) in [7, 11) is 0. The molecule has 0 radical (unpaired) electrons. The van der Waals surface area contributed by atoms with Crippen LogP contribution in [0.4, 0.5) is 0 Å². The van der Waals surface area contributed by atoms with Crippen LogP contribution in [0.15, 0.2) is 58.4 Å². The van der Waals surface area contributed by atoms with Crippen LogP contribution in [0.25, 0.3) is 10.6 Å². The monoisotopic (exact) mass is 403 g/mol. The number of benzene rings is 2. The first-order valence-corrected chi connectivity index (χ1v) is 8.92. The van der Waals surface area contributed by atoms with Gasteiger partial charge in [-0.3, -0.25) is 4.79 Å². The van der Waals surface area contributed by atoms with Crippen LogP contribution in [-0.4, -0.2) is 16.1 Å². The highest BCUT2D eigenvalue weighted by Crippen LogP contribution is 2.35. The Hall–Kier alpha value is -2.18. The van der Waals surface area contributed by atoms with Crippen molar-refractivity contribution in [1.29, 1.82) is 0 Å². The maximum Gasteiger partial charge on any atom is 0.309 e. The number of halogens is 1. The molecule has 1 aromatic heterocycles. The average Bonchev–Trinajstić information content (AvgIpc) is 3.02. The Morgan fingerprint density at radius 2 is 2.00 bits per heavy atom. The van der Waals surface area contributed by atoms with E-state index in [4.69, 9.17) is 9.84 Å². The second kappa shape index (κ2) is 7.59. The van der Waals surface area contributed by atoms with E-state index < -0.39 is 5.97 Å². The summed E-state index contributed by atoms with van der Waals surface area (Å²) in [6, 6.07) is 15.7. The quantitative estimate of drug-likeness (QED) is 0.643. The number of rotatable bonds is 6. The van der Waals surface area contributed by atoms with Gasteiger partial charge in [-0.25, -0.2) is 4.98 Å². The van der Waals surface area contributed by atoms with Crippen LogP contribution in [0, 0.1) is 0 Å². The van der Waals surface area contributed by atoms with Gasteiger partial charge in [0.1, 0.15) is 17.4 Å². The fourth-order valence-corrected chi connectivity index (χ4v) is 3.40. The SMILES string of the molecule is O=C(O)Cc1csc(-c2cc(Br)ccc2OCc2ccccc2)n1. The van der Waals surface area contributed by atoms with E-state index in [1.165, 1.54) is 11.3 Å². The average molecular weight is 404 g/mol. The van der Waals surface area contributed by atoms with Crippen LogP contribution >= 0.6 is 27.3 Å². The lowest BCUT2D eigenvalue weighted by Crippen LogP contribution is -2.00. The van der Waals surface area contributed by atoms with Crippen LogP contribution in [0.2, 0.25) is 0 Å². The molecule has 0 saturated heterocycles. The number of hydrogen-bond acceptors (Lipinski definition) is 4. The van der Waals surface area contributed by atoms with E-state index in [1.807, 2.05) is 48.5 Å². The maximum atomic E-state index is 10.8. The summed E-state index contributed by atoms with van der Waals surface area (Å²) in [6.07, 6.45) is -0.0787. The Morgan fingerprint density at radius 3 is 2.75 bits per heavy atom. The predicted molar refractivity (Wildman–Crippen MR) is 97.4 cm³/mol. The first kappa shape index (κ1) is 16.7. The van der Waals surface area contributed by atoms with Crippen molar-refractivity contribution >= 4 is 33.2 Å². The fraction of sp³-hybridized carbons (Fsp3) is 0.111. The minimum Gasteiger partial charge on any atom is -0.488 e. The van der Waals surface area contributed by atoms with Crippen molar-refractivity contribution in [3.8, 4) is 16.3 Å². The number of hydrogen-bond donors (Lipinski definition) is 1. The van der Waals surface area contributed by atoms with E-state index >= 15 is 0 Å². The van der Waals surface area contributed by atoms with Crippen LogP contribution in [-0.2, 0) is 17.8 Å². The summed E-state index contributed by atoms with van der Waals surface area (Å²) in [6.45, 7) is 0.461. The number of ether oxygens (including phenoxy) is 1. The van der Waals surface area contributed by atoms with E-state index in [0.717, 1.165) is 26.4 Å². The Morgan fingerprint density at radius 1 is 1.21 bits per heavy atom. The third-order valence-corrected chi connectivity index (χ3v) is 4.71. The molecule has 1 N–H and O–H groups in total. The maximum absolute atomic E-state index is 10.8. The van der Waals surface area contributed by atoms with Crippen LogP contribution in [0.1, 0.15) is 11.3 Å². The van der Waals surface area contributed by atoms with E-state index in [0.29, 0.717) is 12.3 Å². The highest BCUT2D eigenvalue weighted by atomic mass is 79.9. The van der Waals surface area contributed by atoms with Crippen molar-refractivity contribution in [3.63, 3.8) is 0 Å². The van der Waals surface area contributed by atoms with Gasteiger partial charge in [0.05, 0.1) is 17.7 Å². The minimum absolute atomic E-state index is 0.0787. The number of carboxylic acids is 1. The Labute approximate surface area is 151 Å². The first-order chi connectivity index (χ1) is 11.6. The number of carboxylic acid groups (broad SMARTS) is 1. The molecule has 0 aliphatic carbocycles. The lowest BCUT2D eigenvalue weighted by atomic mass is 10.2. The lowest BCUT2D eigenvalue weighted by molar-refractivity contribution is -0.136. The topological polar surface area (TPSA) is 59.4 Å². The smallest absolute Gasteiger partial charge is 0.309 e. The zero-order chi connectivity index (χ0) is 16.9. The van der Waals surface area contributed by atoms with Gasteiger partial charge >= 0.3 is 5.97 Å². The Bertz CT molecular complexity index is 848. The second-order valence-electron chi connectivity index (χ2n) is 5.13. The number of aliphatic carboxylic acids is 1. The van der Waals surface area contributed by atoms with Gasteiger partial charge in [0.15, 0.2) is 0 Å². The van der Waals surface area contributed by atoms with Crippen molar-refractivity contribution in [2.45, 2.75) is 13.0 Å². The van der Waals surface area contributed by atoms with Crippen molar-refractivity contribution in [2.75, 3.05) is 0 Å². The second-order valence-corrected chi connectivity index (χ2v) is 6.90. The standard InChI is InChI=1S/C18H14BrNO3S/c19-13-6-7-16(23-10-12-4-2-1-3-5-12)15(8-13)18-20-14(11-24-18)9-17(21)22/h1-8,11H,9-10H2,(H,21,22). The molecule has 6 heteroatoms. The number of carbonyl (C=O) groups is 1. The van der Waals surface area contributed by atoms with Crippen LogP contribution in [0.3, 0.4) is 0 Å². The molecule has 0 unspecified atom stereocenters. The van der Waals surface area contributed by atoms with Gasteiger partial charge in [0.25, 0.3) is 0 Å². The van der Waals surface area contributed by atoms with Crippen molar-refractivity contribution < 1.29 is 14.6 Å². The largest absolute Gasteiger partial charge is 0.488 e. The third-order valence-electron chi connectivity index (χ3n) is 3.29. The molecule has 0 aliphatic heterocycles. The summed E-state index contributed by atoms with van der Waals surface area (Å²) in [5, 5.41) is 11.4. The molecule has 4 nitrogen and oxygen atoms in total. The molecule has 24 heavy (non-hydrogen) atoms. The fourth-order valence-electron chi connectivity index (χ4n) is 2.20. The van der Waals surface area contributed by atoms with E-state index in [9.17, 15) is 4.79 Å². The lowest BCUT2D eigenvalue weighted by Gasteiger charge is -2.10. The predicted octanol–water partition coefficient (Wildman–Crippen LogP) is 4.78. The van der Waals surface area contributed by atoms with Crippen LogP contribution < -0.4 is 4.74 Å². The minimum atomic E-state index is -0.887.